The predicted molar refractivity (Wildman–Crippen MR) is 134 cm³/mol. The van der Waals surface area contributed by atoms with Crippen molar-refractivity contribution in [1.29, 1.82) is 0 Å². The lowest BCUT2D eigenvalue weighted by Gasteiger charge is -2.29. The molecule has 0 aliphatic carbocycles. The Morgan fingerprint density at radius 3 is 2.09 bits per heavy atom. The van der Waals surface area contributed by atoms with E-state index in [0.717, 1.165) is 16.2 Å². The molecule has 2 aliphatic rings. The number of carbonyl (C=O) groups is 2. The highest BCUT2D eigenvalue weighted by atomic mass is 35.5. The van der Waals surface area contributed by atoms with E-state index in [-0.39, 0.29) is 16.3 Å². The average Bonchev–Trinajstić information content (AvgIpc) is 3.32. The standard InChI is InChI=1S/C27H24Cl2N2O3/c1-27(2,3)17-11-9-16(10-12-17)23-22-24(34-31(23)18-7-5-4-6-8-18)26(33)30(25(22)32)19-13-14-20(28)21(29)15-19/h4-15,22-24H,1-3H3/t22-,23+,24+/m1/s1. The van der Waals surface area contributed by atoms with Gasteiger partial charge >= 0.3 is 0 Å². The van der Waals surface area contributed by atoms with Crippen LogP contribution < -0.4 is 9.96 Å². The van der Waals surface area contributed by atoms with Gasteiger partial charge in [-0.05, 0) is 46.9 Å². The average molecular weight is 495 g/mol. The Balaban J connectivity index is 1.57. The number of benzene rings is 3. The SMILES string of the molecule is CC(C)(C)c1ccc([C@H]2[C@H]3C(=O)N(c4ccc(Cl)c(Cl)c4)C(=O)[C@H]3ON2c2ccccc2)cc1. The maximum atomic E-state index is 13.7. The number of hydrogen-bond donors (Lipinski definition) is 0. The summed E-state index contributed by atoms with van der Waals surface area (Å²) < 4.78 is 0. The first-order valence-corrected chi connectivity index (χ1v) is 11.9. The zero-order valence-electron chi connectivity index (χ0n) is 19.0. The molecule has 7 heteroatoms. The fourth-order valence-corrected chi connectivity index (χ4v) is 4.90. The van der Waals surface area contributed by atoms with Crippen molar-refractivity contribution < 1.29 is 14.4 Å². The zero-order valence-corrected chi connectivity index (χ0v) is 20.5. The molecular weight excluding hydrogens is 471 g/mol. The van der Waals surface area contributed by atoms with Crippen LogP contribution in [0.4, 0.5) is 11.4 Å². The lowest BCUT2D eigenvalue weighted by Crippen LogP contribution is -2.37. The predicted octanol–water partition coefficient (Wildman–Crippen LogP) is 6.34. The summed E-state index contributed by atoms with van der Waals surface area (Å²) in [6, 6.07) is 22.0. The third kappa shape index (κ3) is 3.78. The molecule has 2 fully saturated rings. The van der Waals surface area contributed by atoms with E-state index in [1.165, 1.54) is 11.6 Å². The smallest absolute Gasteiger partial charge is 0.266 e. The van der Waals surface area contributed by atoms with Crippen molar-refractivity contribution >= 4 is 46.4 Å². The molecule has 3 atom stereocenters. The summed E-state index contributed by atoms with van der Waals surface area (Å²) in [7, 11) is 0. The molecule has 2 aliphatic heterocycles. The molecule has 0 radical (unpaired) electrons. The maximum Gasteiger partial charge on any atom is 0.266 e. The molecule has 0 aromatic heterocycles. The van der Waals surface area contributed by atoms with E-state index in [2.05, 4.69) is 32.9 Å². The number of hydrogen-bond acceptors (Lipinski definition) is 4. The van der Waals surface area contributed by atoms with Crippen LogP contribution in [0.25, 0.3) is 0 Å². The molecule has 2 saturated heterocycles. The molecule has 2 heterocycles. The van der Waals surface area contributed by atoms with Crippen LogP contribution in [-0.4, -0.2) is 17.9 Å². The van der Waals surface area contributed by atoms with Gasteiger partial charge in [0.25, 0.3) is 5.91 Å². The van der Waals surface area contributed by atoms with E-state index < -0.39 is 24.0 Å². The fourth-order valence-electron chi connectivity index (χ4n) is 4.61. The number of hydroxylamine groups is 1. The molecule has 5 nitrogen and oxygen atoms in total. The molecule has 34 heavy (non-hydrogen) atoms. The number of anilines is 2. The second-order valence-corrected chi connectivity index (χ2v) is 10.5. The van der Waals surface area contributed by atoms with Crippen LogP contribution in [-0.2, 0) is 19.8 Å². The van der Waals surface area contributed by atoms with E-state index in [1.807, 2.05) is 42.5 Å². The number of halogens is 2. The third-order valence-electron chi connectivity index (χ3n) is 6.41. The number of carbonyl (C=O) groups excluding carboxylic acids is 2. The number of amides is 2. The van der Waals surface area contributed by atoms with Crippen molar-refractivity contribution in [2.24, 2.45) is 5.92 Å². The van der Waals surface area contributed by atoms with E-state index in [9.17, 15) is 9.59 Å². The molecule has 0 spiro atoms. The summed E-state index contributed by atoms with van der Waals surface area (Å²) in [6.45, 7) is 6.46. The number of rotatable bonds is 3. The van der Waals surface area contributed by atoms with Gasteiger partial charge in [-0.3, -0.25) is 14.4 Å². The summed E-state index contributed by atoms with van der Waals surface area (Å²) in [4.78, 5) is 34.5. The number of imide groups is 1. The summed E-state index contributed by atoms with van der Waals surface area (Å²) in [5, 5.41) is 2.33. The quantitative estimate of drug-likeness (QED) is 0.398. The van der Waals surface area contributed by atoms with Crippen LogP contribution in [0.15, 0.2) is 72.8 Å². The minimum atomic E-state index is -0.936. The molecule has 2 amide bonds. The first kappa shape index (κ1) is 22.9. The molecule has 5 rings (SSSR count). The van der Waals surface area contributed by atoms with E-state index in [1.54, 1.807) is 17.2 Å². The van der Waals surface area contributed by atoms with Crippen LogP contribution in [0.3, 0.4) is 0 Å². The molecule has 3 aromatic rings. The fraction of sp³-hybridized carbons (Fsp3) is 0.259. The Kier molecular flexibility index (Phi) is 5.67. The van der Waals surface area contributed by atoms with Gasteiger partial charge in [-0.25, -0.2) is 9.96 Å². The second-order valence-electron chi connectivity index (χ2n) is 9.64. The molecule has 0 saturated carbocycles. The van der Waals surface area contributed by atoms with Gasteiger partial charge in [0.2, 0.25) is 5.91 Å². The number of fused-ring (bicyclic) bond motifs is 1. The van der Waals surface area contributed by atoms with Gasteiger partial charge in [-0.2, -0.15) is 0 Å². The van der Waals surface area contributed by atoms with Crippen molar-refractivity contribution in [2.75, 3.05) is 9.96 Å². The Hall–Kier alpha value is -2.86. The number of para-hydroxylation sites is 1. The van der Waals surface area contributed by atoms with Crippen molar-refractivity contribution in [3.63, 3.8) is 0 Å². The largest absolute Gasteiger partial charge is 0.273 e. The molecule has 0 unspecified atom stereocenters. The van der Waals surface area contributed by atoms with Gasteiger partial charge in [0.15, 0.2) is 6.10 Å². The highest BCUT2D eigenvalue weighted by Gasteiger charge is 2.60. The molecule has 0 N–H and O–H groups in total. The van der Waals surface area contributed by atoms with Crippen molar-refractivity contribution in [3.05, 3.63) is 94.0 Å². The summed E-state index contributed by atoms with van der Waals surface area (Å²) >= 11 is 12.2. The lowest BCUT2D eigenvalue weighted by molar-refractivity contribution is -0.126. The van der Waals surface area contributed by atoms with Crippen LogP contribution in [0.1, 0.15) is 37.9 Å². The topological polar surface area (TPSA) is 49.9 Å². The Morgan fingerprint density at radius 2 is 1.47 bits per heavy atom. The summed E-state index contributed by atoms with van der Waals surface area (Å²) in [5.41, 5.74) is 3.25. The van der Waals surface area contributed by atoms with Crippen LogP contribution in [0, 0.1) is 5.92 Å². The second kappa shape index (κ2) is 8.42. The molecular formula is C27H24Cl2N2O3. The van der Waals surface area contributed by atoms with Crippen molar-refractivity contribution in [3.8, 4) is 0 Å². The van der Waals surface area contributed by atoms with Gasteiger partial charge in [-0.15, -0.1) is 0 Å². The number of nitrogens with zero attached hydrogens (tertiary/aromatic N) is 2. The summed E-state index contributed by atoms with van der Waals surface area (Å²) in [6.07, 6.45) is -0.936. The first-order valence-electron chi connectivity index (χ1n) is 11.1. The Labute approximate surface area is 208 Å². The van der Waals surface area contributed by atoms with Gasteiger partial charge in [0, 0.05) is 0 Å². The third-order valence-corrected chi connectivity index (χ3v) is 7.14. The van der Waals surface area contributed by atoms with E-state index in [0.29, 0.717) is 10.7 Å². The molecule has 0 bridgehead atoms. The minimum absolute atomic E-state index is 0.00382. The Bertz CT molecular complexity index is 1260. The zero-order chi connectivity index (χ0) is 24.2. The van der Waals surface area contributed by atoms with Crippen LogP contribution in [0.2, 0.25) is 10.0 Å². The van der Waals surface area contributed by atoms with Crippen LogP contribution in [0.5, 0.6) is 0 Å². The monoisotopic (exact) mass is 494 g/mol. The molecule has 3 aromatic carbocycles. The van der Waals surface area contributed by atoms with Gasteiger partial charge in [0.1, 0.15) is 5.92 Å². The highest BCUT2D eigenvalue weighted by Crippen LogP contribution is 2.48. The Morgan fingerprint density at radius 1 is 0.794 bits per heavy atom. The normalized spacial score (nSPS) is 22.4. The van der Waals surface area contributed by atoms with Crippen LogP contribution >= 0.6 is 23.2 Å². The van der Waals surface area contributed by atoms with Crippen molar-refractivity contribution in [1.82, 2.24) is 0 Å². The maximum absolute atomic E-state index is 13.7. The minimum Gasteiger partial charge on any atom is -0.273 e. The van der Waals surface area contributed by atoms with E-state index in [4.69, 9.17) is 28.0 Å². The van der Waals surface area contributed by atoms with E-state index >= 15 is 0 Å². The summed E-state index contributed by atoms with van der Waals surface area (Å²) in [5.74, 6) is -1.44. The van der Waals surface area contributed by atoms with Gasteiger partial charge in [-0.1, -0.05) is 86.4 Å². The lowest BCUT2D eigenvalue weighted by atomic mass is 9.84. The highest BCUT2D eigenvalue weighted by molar-refractivity contribution is 6.42. The van der Waals surface area contributed by atoms with Gasteiger partial charge in [0.05, 0.1) is 27.5 Å². The molecule has 174 valence electrons. The van der Waals surface area contributed by atoms with Gasteiger partial charge < -0.3 is 0 Å². The first-order chi connectivity index (χ1) is 16.2. The van der Waals surface area contributed by atoms with Crippen molar-refractivity contribution in [2.45, 2.75) is 38.3 Å².